The molecule has 3 N–H and O–H groups in total. The van der Waals surface area contributed by atoms with Gasteiger partial charge in [0.05, 0.1) is 19.6 Å². The van der Waals surface area contributed by atoms with Crippen molar-refractivity contribution >= 4 is 22.9 Å². The summed E-state index contributed by atoms with van der Waals surface area (Å²) in [5, 5.41) is 16.6. The molecule has 5 rings (SSSR count). The fraction of sp³-hybridized carbons (Fsp3) is 0.240. The lowest BCUT2D eigenvalue weighted by atomic mass is 10.2. The van der Waals surface area contributed by atoms with Gasteiger partial charge in [0.1, 0.15) is 18.0 Å². The second kappa shape index (κ2) is 10.1. The number of hydrogen-bond acceptors (Lipinski definition) is 9. The molecular weight excluding hydrogens is 462 g/mol. The summed E-state index contributed by atoms with van der Waals surface area (Å²) in [6.45, 7) is 4.01. The fourth-order valence-corrected chi connectivity index (χ4v) is 4.05. The number of aliphatic hydroxyl groups excluding tert-OH is 1. The van der Waals surface area contributed by atoms with E-state index in [1.54, 1.807) is 30.1 Å². The molecule has 11 nitrogen and oxygen atoms in total. The van der Waals surface area contributed by atoms with Crippen LogP contribution in [-0.2, 0) is 16.1 Å². The maximum atomic E-state index is 12.2. The number of carbonyl (C=O) groups is 1. The van der Waals surface area contributed by atoms with Gasteiger partial charge in [-0.05, 0) is 17.8 Å². The summed E-state index contributed by atoms with van der Waals surface area (Å²) in [6.07, 6.45) is 3.54. The van der Waals surface area contributed by atoms with Crippen LogP contribution in [0.3, 0.4) is 0 Å². The molecule has 0 bridgehead atoms. The SMILES string of the molecule is C=CNC(=O)[C@@H]1C[C@@H](O)[C@H](n2cnc3c(NCc4ccccc4)nc(-c4cncc(OC)c4)nc32)O1. The van der Waals surface area contributed by atoms with E-state index in [-0.39, 0.29) is 12.3 Å². The zero-order chi connectivity index (χ0) is 25.1. The Hall–Kier alpha value is -4.35. The molecule has 4 heterocycles. The van der Waals surface area contributed by atoms with Crippen LogP contribution in [0.1, 0.15) is 18.2 Å². The van der Waals surface area contributed by atoms with Gasteiger partial charge in [0, 0.05) is 24.7 Å². The Bertz CT molecular complexity index is 1390. The first-order valence-electron chi connectivity index (χ1n) is 11.3. The number of rotatable bonds is 8. The number of ether oxygens (including phenoxy) is 2. The van der Waals surface area contributed by atoms with E-state index in [1.165, 1.54) is 12.5 Å². The number of nitrogens with zero attached hydrogens (tertiary/aromatic N) is 5. The van der Waals surface area contributed by atoms with E-state index in [4.69, 9.17) is 19.4 Å². The van der Waals surface area contributed by atoms with Gasteiger partial charge in [0.15, 0.2) is 29.0 Å². The molecular formula is C25H25N7O4. The summed E-state index contributed by atoms with van der Waals surface area (Å²) in [4.78, 5) is 30.4. The van der Waals surface area contributed by atoms with Crippen molar-refractivity contribution in [3.8, 4) is 17.1 Å². The van der Waals surface area contributed by atoms with E-state index in [9.17, 15) is 9.90 Å². The largest absolute Gasteiger partial charge is 0.495 e. The highest BCUT2D eigenvalue weighted by Gasteiger charge is 2.39. The molecule has 1 aliphatic rings. The predicted octanol–water partition coefficient (Wildman–Crippen LogP) is 2.42. The number of hydrogen-bond donors (Lipinski definition) is 3. The van der Waals surface area contributed by atoms with Crippen molar-refractivity contribution < 1.29 is 19.4 Å². The molecule has 1 amide bonds. The molecule has 3 aromatic heterocycles. The molecule has 0 unspecified atom stereocenters. The second-order valence-corrected chi connectivity index (χ2v) is 8.20. The lowest BCUT2D eigenvalue weighted by molar-refractivity contribution is -0.133. The van der Waals surface area contributed by atoms with Crippen LogP contribution in [0.2, 0.25) is 0 Å². The third kappa shape index (κ3) is 4.61. The highest BCUT2D eigenvalue weighted by Crippen LogP contribution is 2.33. The van der Waals surface area contributed by atoms with Crippen molar-refractivity contribution in [2.75, 3.05) is 12.4 Å². The van der Waals surface area contributed by atoms with Gasteiger partial charge >= 0.3 is 0 Å². The van der Waals surface area contributed by atoms with Crippen molar-refractivity contribution in [1.82, 2.24) is 29.8 Å². The van der Waals surface area contributed by atoms with Crippen LogP contribution in [0.4, 0.5) is 5.82 Å². The normalized spacial score (nSPS) is 19.2. The fourth-order valence-electron chi connectivity index (χ4n) is 4.05. The molecule has 0 saturated carbocycles. The molecule has 1 fully saturated rings. The minimum atomic E-state index is -0.944. The minimum absolute atomic E-state index is 0.126. The second-order valence-electron chi connectivity index (χ2n) is 8.20. The number of aliphatic hydroxyl groups is 1. The van der Waals surface area contributed by atoms with Gasteiger partial charge in [0.2, 0.25) is 0 Å². The molecule has 3 atom stereocenters. The molecule has 1 aliphatic heterocycles. The number of methoxy groups -OCH3 is 1. The summed E-state index contributed by atoms with van der Waals surface area (Å²) in [5.74, 6) is 1.08. The lowest BCUT2D eigenvalue weighted by Crippen LogP contribution is -2.30. The lowest BCUT2D eigenvalue weighted by Gasteiger charge is -2.17. The van der Waals surface area contributed by atoms with Crippen LogP contribution in [0, 0.1) is 0 Å². The zero-order valence-electron chi connectivity index (χ0n) is 19.5. The number of anilines is 1. The number of carbonyl (C=O) groups excluding carboxylic acids is 1. The summed E-state index contributed by atoms with van der Waals surface area (Å²) in [7, 11) is 1.56. The molecule has 1 saturated heterocycles. The summed E-state index contributed by atoms with van der Waals surface area (Å²) >= 11 is 0. The minimum Gasteiger partial charge on any atom is -0.495 e. The van der Waals surface area contributed by atoms with E-state index in [2.05, 4.69) is 27.2 Å². The van der Waals surface area contributed by atoms with E-state index in [1.807, 2.05) is 30.3 Å². The summed E-state index contributed by atoms with van der Waals surface area (Å²) in [6, 6.07) is 11.7. The smallest absolute Gasteiger partial charge is 0.253 e. The number of amides is 1. The number of aromatic nitrogens is 5. The van der Waals surface area contributed by atoms with E-state index >= 15 is 0 Å². The number of benzene rings is 1. The molecule has 184 valence electrons. The van der Waals surface area contributed by atoms with Crippen LogP contribution in [0.25, 0.3) is 22.6 Å². The predicted molar refractivity (Wildman–Crippen MR) is 132 cm³/mol. The summed E-state index contributed by atoms with van der Waals surface area (Å²) in [5.41, 5.74) is 2.65. The Balaban J connectivity index is 1.56. The Morgan fingerprint density at radius 3 is 2.92 bits per heavy atom. The molecule has 1 aromatic carbocycles. The molecule has 0 radical (unpaired) electrons. The number of fused-ring (bicyclic) bond motifs is 1. The highest BCUT2D eigenvalue weighted by molar-refractivity contribution is 5.85. The number of nitrogens with one attached hydrogen (secondary N) is 2. The van der Waals surface area contributed by atoms with Gasteiger partial charge < -0.3 is 25.2 Å². The average molecular weight is 488 g/mol. The zero-order valence-corrected chi connectivity index (χ0v) is 19.5. The van der Waals surface area contributed by atoms with Gasteiger partial charge in [-0.2, -0.15) is 0 Å². The maximum absolute atomic E-state index is 12.2. The van der Waals surface area contributed by atoms with Gasteiger partial charge in [-0.25, -0.2) is 15.0 Å². The molecule has 4 aromatic rings. The number of imidazole rings is 1. The molecule has 36 heavy (non-hydrogen) atoms. The number of pyridine rings is 1. The van der Waals surface area contributed by atoms with Crippen molar-refractivity contribution in [2.24, 2.45) is 0 Å². The van der Waals surface area contributed by atoms with Gasteiger partial charge in [0.25, 0.3) is 5.91 Å². The monoisotopic (exact) mass is 487 g/mol. The third-order valence-corrected chi connectivity index (χ3v) is 5.83. The molecule has 0 aliphatic carbocycles. The first kappa shape index (κ1) is 23.4. The van der Waals surface area contributed by atoms with Crippen molar-refractivity contribution in [3.63, 3.8) is 0 Å². The average Bonchev–Trinajstić information content (AvgIpc) is 3.51. The Morgan fingerprint density at radius 2 is 2.14 bits per heavy atom. The maximum Gasteiger partial charge on any atom is 0.253 e. The molecule has 0 spiro atoms. The van der Waals surface area contributed by atoms with E-state index < -0.39 is 18.4 Å². The van der Waals surface area contributed by atoms with Crippen molar-refractivity contribution in [1.29, 1.82) is 0 Å². The van der Waals surface area contributed by atoms with E-state index in [0.29, 0.717) is 40.7 Å². The standard InChI is InChI=1S/C25H25N7O4/c1-3-27-24(34)19-10-18(33)25(36-19)32-14-29-20-22(28-11-15-7-5-4-6-8-15)30-21(31-23(20)32)16-9-17(35-2)13-26-12-16/h3-9,12-14,18-19,25,33H,1,10-11H2,2H3,(H,27,34)(H,28,30,31)/t18-,19+,25-/m1/s1. The summed E-state index contributed by atoms with van der Waals surface area (Å²) < 4.78 is 12.8. The van der Waals surface area contributed by atoms with Gasteiger partial charge in [-0.1, -0.05) is 36.9 Å². The van der Waals surface area contributed by atoms with Gasteiger partial charge in [-0.3, -0.25) is 14.3 Å². The first-order chi connectivity index (χ1) is 17.6. The third-order valence-electron chi connectivity index (χ3n) is 5.83. The first-order valence-corrected chi connectivity index (χ1v) is 11.3. The Morgan fingerprint density at radius 1 is 1.31 bits per heavy atom. The quantitative estimate of drug-likeness (QED) is 0.342. The molecule has 11 heteroatoms. The highest BCUT2D eigenvalue weighted by atomic mass is 16.5. The van der Waals surface area contributed by atoms with Crippen LogP contribution in [0.5, 0.6) is 5.75 Å². The van der Waals surface area contributed by atoms with Crippen LogP contribution >= 0.6 is 0 Å². The van der Waals surface area contributed by atoms with Gasteiger partial charge in [-0.15, -0.1) is 0 Å². The topological polar surface area (TPSA) is 136 Å². The van der Waals surface area contributed by atoms with Crippen molar-refractivity contribution in [3.05, 3.63) is 73.5 Å². The Kier molecular flexibility index (Phi) is 6.56. The van der Waals surface area contributed by atoms with Crippen LogP contribution in [-0.4, -0.2) is 54.8 Å². The Labute approximate surface area is 206 Å². The van der Waals surface area contributed by atoms with Crippen LogP contribution < -0.4 is 15.4 Å². The van der Waals surface area contributed by atoms with E-state index in [0.717, 1.165) is 5.56 Å². The van der Waals surface area contributed by atoms with Crippen LogP contribution in [0.15, 0.2) is 67.9 Å². The van der Waals surface area contributed by atoms with Crippen molar-refractivity contribution in [2.45, 2.75) is 31.4 Å².